The molecule has 170 valence electrons. The zero-order valence-electron chi connectivity index (χ0n) is 17.5. The van der Waals surface area contributed by atoms with Gasteiger partial charge >= 0.3 is 13.4 Å². The van der Waals surface area contributed by atoms with Gasteiger partial charge in [-0.15, -0.1) is 0 Å². The van der Waals surface area contributed by atoms with Crippen molar-refractivity contribution in [2.75, 3.05) is 26.2 Å². The van der Waals surface area contributed by atoms with Crippen LogP contribution in [0.15, 0.2) is 60.8 Å². The molecule has 33 heavy (non-hydrogen) atoms. The Morgan fingerprint density at radius 1 is 1.03 bits per heavy atom. The normalized spacial score (nSPS) is 15.9. The van der Waals surface area contributed by atoms with Crippen molar-refractivity contribution in [3.8, 4) is 22.8 Å². The lowest BCUT2D eigenvalue weighted by Gasteiger charge is -2.19. The molecule has 2 aliphatic heterocycles. The molecule has 2 aromatic carbocycles. The lowest BCUT2D eigenvalue weighted by Crippen LogP contribution is -2.08. The molecule has 3 aromatic rings. The van der Waals surface area contributed by atoms with Gasteiger partial charge in [-0.25, -0.2) is 13.7 Å². The van der Waals surface area contributed by atoms with E-state index in [4.69, 9.17) is 9.26 Å². The van der Waals surface area contributed by atoms with E-state index in [0.29, 0.717) is 17.0 Å². The maximum absolute atomic E-state index is 13.1. The molecule has 0 saturated carbocycles. The van der Waals surface area contributed by atoms with Crippen molar-refractivity contribution in [1.29, 1.82) is 0 Å². The minimum atomic E-state index is -3.00. The average Bonchev–Trinajstić information content (AvgIpc) is 3.71. The van der Waals surface area contributed by atoms with E-state index in [2.05, 4.69) is 4.98 Å². The highest BCUT2D eigenvalue weighted by molar-refractivity contribution is 7.54. The molecule has 2 aliphatic rings. The Balaban J connectivity index is 1.33. The van der Waals surface area contributed by atoms with Crippen LogP contribution in [0.4, 0.5) is 10.1 Å². The van der Waals surface area contributed by atoms with Gasteiger partial charge in [0, 0.05) is 37.8 Å². The fraction of sp³-hybridized carbons (Fsp3) is 0.227. The van der Waals surface area contributed by atoms with Crippen LogP contribution in [-0.4, -0.2) is 45.4 Å². The predicted octanol–water partition coefficient (Wildman–Crippen LogP) is 4.84. The number of rotatable bonds is 9. The number of hydrogen-bond donors (Lipinski definition) is 0. The monoisotopic (exact) mass is 470 g/mol. The van der Waals surface area contributed by atoms with Gasteiger partial charge in [-0.1, -0.05) is 0 Å². The number of ether oxygens (including phenoxy) is 1. The first-order valence-corrected chi connectivity index (χ1v) is 11.9. The molecule has 0 atom stereocenters. The Morgan fingerprint density at radius 2 is 1.73 bits per heavy atom. The number of pyridine rings is 1. The van der Waals surface area contributed by atoms with Crippen molar-refractivity contribution in [2.24, 2.45) is 0 Å². The van der Waals surface area contributed by atoms with Crippen LogP contribution in [0.25, 0.3) is 11.3 Å². The molecule has 5 rings (SSSR count). The zero-order valence-corrected chi connectivity index (χ0v) is 18.4. The van der Waals surface area contributed by atoms with Gasteiger partial charge in [0.25, 0.3) is 0 Å². The molecule has 1 aromatic heterocycles. The number of halogens is 1. The van der Waals surface area contributed by atoms with E-state index in [1.807, 2.05) is 0 Å². The zero-order chi connectivity index (χ0) is 23.0. The molecule has 9 nitrogen and oxygen atoms in total. The van der Waals surface area contributed by atoms with Crippen molar-refractivity contribution < 1.29 is 23.1 Å². The maximum Gasteiger partial charge on any atom is 0.346 e. The van der Waals surface area contributed by atoms with Crippen LogP contribution < -0.4 is 4.74 Å². The highest BCUT2D eigenvalue weighted by Gasteiger charge is 2.49. The number of benzene rings is 2. The van der Waals surface area contributed by atoms with Crippen molar-refractivity contribution in [3.05, 3.63) is 82.3 Å². The number of nitrogens with zero attached hydrogens (tertiary/aromatic N) is 4. The first-order chi connectivity index (χ1) is 15.9. The SMILES string of the molecule is O=[N+]([O-])c1ccc(COP(=O)(N2CC2)N2CC2)cc1Oc1ccc(-c2ccc(F)cc2)nc1. The highest BCUT2D eigenvalue weighted by Crippen LogP contribution is 2.61. The van der Waals surface area contributed by atoms with Gasteiger partial charge in [-0.05, 0) is 54.1 Å². The molecule has 0 bridgehead atoms. The topological polar surface area (TPSA) is 97.6 Å². The molecular formula is C22H20FN4O5P. The predicted molar refractivity (Wildman–Crippen MR) is 118 cm³/mol. The lowest BCUT2D eigenvalue weighted by molar-refractivity contribution is -0.385. The third-order valence-electron chi connectivity index (χ3n) is 5.29. The summed E-state index contributed by atoms with van der Waals surface area (Å²) in [5.41, 5.74) is 1.74. The van der Waals surface area contributed by atoms with Crippen LogP contribution in [0.2, 0.25) is 0 Å². The average molecular weight is 470 g/mol. The van der Waals surface area contributed by atoms with E-state index in [1.54, 1.807) is 39.7 Å². The molecule has 0 aliphatic carbocycles. The molecule has 0 amide bonds. The summed E-state index contributed by atoms with van der Waals surface area (Å²) in [7, 11) is -3.00. The molecule has 2 fully saturated rings. The molecule has 0 N–H and O–H groups in total. The lowest BCUT2D eigenvalue weighted by atomic mass is 10.1. The Hall–Kier alpha value is -3.17. The van der Waals surface area contributed by atoms with Gasteiger partial charge in [-0.3, -0.25) is 19.7 Å². The van der Waals surface area contributed by atoms with Crippen molar-refractivity contribution in [3.63, 3.8) is 0 Å². The van der Waals surface area contributed by atoms with E-state index in [0.717, 1.165) is 31.7 Å². The van der Waals surface area contributed by atoms with Gasteiger partial charge in [0.2, 0.25) is 5.75 Å². The van der Waals surface area contributed by atoms with Crippen LogP contribution in [0.3, 0.4) is 0 Å². The summed E-state index contributed by atoms with van der Waals surface area (Å²) in [6, 6.07) is 13.7. The third-order valence-corrected chi connectivity index (χ3v) is 7.98. The largest absolute Gasteiger partial charge is 0.448 e. The Labute approximate surface area is 189 Å². The smallest absolute Gasteiger partial charge is 0.346 e. The van der Waals surface area contributed by atoms with Crippen LogP contribution in [0.5, 0.6) is 11.5 Å². The van der Waals surface area contributed by atoms with Crippen LogP contribution in [0.1, 0.15) is 5.56 Å². The first kappa shape index (κ1) is 21.7. The summed E-state index contributed by atoms with van der Waals surface area (Å²) in [5, 5.41) is 11.5. The summed E-state index contributed by atoms with van der Waals surface area (Å²) in [6.45, 7) is 3.00. The molecule has 0 spiro atoms. The summed E-state index contributed by atoms with van der Waals surface area (Å²) in [6.07, 6.45) is 1.44. The standard InChI is InChI=1S/C22H20FN4O5P/c23-18-4-2-17(3-5-18)20-7-6-19(14-24-20)32-22-13-16(1-8-21(22)27(28)29)15-31-33(30,25-9-10-25)26-11-12-26/h1-8,13-14H,9-12,15H2. The number of hydrogen-bond acceptors (Lipinski definition) is 6. The van der Waals surface area contributed by atoms with Gasteiger partial charge in [-0.2, -0.15) is 0 Å². The quantitative estimate of drug-likeness (QED) is 0.190. The summed E-state index contributed by atoms with van der Waals surface area (Å²) in [4.78, 5) is 15.3. The maximum atomic E-state index is 13.1. The summed E-state index contributed by atoms with van der Waals surface area (Å²) in [5.74, 6) is 0.00136. The van der Waals surface area contributed by atoms with Crippen molar-refractivity contribution in [1.82, 2.24) is 14.3 Å². The molecular weight excluding hydrogens is 450 g/mol. The summed E-state index contributed by atoms with van der Waals surface area (Å²) >= 11 is 0. The second kappa shape index (κ2) is 8.64. The fourth-order valence-electron chi connectivity index (χ4n) is 3.34. The van der Waals surface area contributed by atoms with E-state index in [-0.39, 0.29) is 23.9 Å². The first-order valence-electron chi connectivity index (χ1n) is 10.3. The van der Waals surface area contributed by atoms with Crippen molar-refractivity contribution >= 4 is 13.4 Å². The van der Waals surface area contributed by atoms with Crippen molar-refractivity contribution in [2.45, 2.75) is 6.61 Å². The second-order valence-electron chi connectivity index (χ2n) is 7.72. The number of aromatic nitrogens is 1. The summed E-state index contributed by atoms with van der Waals surface area (Å²) < 4.78 is 41.4. The Kier molecular flexibility index (Phi) is 5.67. The van der Waals surface area contributed by atoms with E-state index in [1.165, 1.54) is 30.5 Å². The Morgan fingerprint density at radius 3 is 2.30 bits per heavy atom. The van der Waals surface area contributed by atoms with Gasteiger partial charge in [0.05, 0.1) is 23.4 Å². The van der Waals surface area contributed by atoms with Crippen LogP contribution >= 0.6 is 7.67 Å². The molecule has 3 heterocycles. The number of nitro groups is 1. The Bertz CT molecular complexity index is 1210. The van der Waals surface area contributed by atoms with E-state index in [9.17, 15) is 19.1 Å². The van der Waals surface area contributed by atoms with Gasteiger partial charge in [0.1, 0.15) is 11.6 Å². The second-order valence-corrected chi connectivity index (χ2v) is 10.1. The minimum Gasteiger partial charge on any atom is -0.448 e. The number of nitro benzene ring substituents is 1. The third kappa shape index (κ3) is 4.79. The van der Waals surface area contributed by atoms with Gasteiger partial charge in [0.15, 0.2) is 0 Å². The van der Waals surface area contributed by atoms with Crippen LogP contribution in [-0.2, 0) is 15.7 Å². The molecule has 0 radical (unpaired) electrons. The molecule has 11 heteroatoms. The van der Waals surface area contributed by atoms with Crippen LogP contribution in [0, 0.1) is 15.9 Å². The van der Waals surface area contributed by atoms with E-state index < -0.39 is 12.6 Å². The van der Waals surface area contributed by atoms with Gasteiger partial charge < -0.3 is 9.26 Å². The molecule has 2 saturated heterocycles. The molecule has 0 unspecified atom stereocenters. The minimum absolute atomic E-state index is 0.0331. The fourth-order valence-corrected chi connectivity index (χ4v) is 5.53. The highest BCUT2D eigenvalue weighted by atomic mass is 31.2. The van der Waals surface area contributed by atoms with E-state index >= 15 is 0 Å².